The predicted octanol–water partition coefficient (Wildman–Crippen LogP) is 1.40. The van der Waals surface area contributed by atoms with Gasteiger partial charge < -0.3 is 9.64 Å². The molecule has 80 valence electrons. The summed E-state index contributed by atoms with van der Waals surface area (Å²) in [5, 5.41) is 8.40. The van der Waals surface area contributed by atoms with E-state index in [4.69, 9.17) is 10.00 Å². The number of anilines is 1. The van der Waals surface area contributed by atoms with Crippen molar-refractivity contribution >= 4 is 5.69 Å². The standard InChI is InChI=1S/C13H12N2O/c14-6-2-4-12-3-1-5-13(11-12)15-7-9-16-10-8-15/h1,3,5,11H,7-10H2. The van der Waals surface area contributed by atoms with Crippen LogP contribution in [0.5, 0.6) is 0 Å². The number of ether oxygens (including phenoxy) is 1. The summed E-state index contributed by atoms with van der Waals surface area (Å²) in [6.45, 7) is 3.37. The fourth-order valence-corrected chi connectivity index (χ4v) is 1.70. The molecule has 1 fully saturated rings. The first-order valence-corrected chi connectivity index (χ1v) is 5.23. The molecule has 0 N–H and O–H groups in total. The van der Waals surface area contributed by atoms with Crippen LogP contribution in [0.3, 0.4) is 0 Å². The predicted molar refractivity (Wildman–Crippen MR) is 62.0 cm³/mol. The maximum atomic E-state index is 8.40. The van der Waals surface area contributed by atoms with E-state index in [0.29, 0.717) is 0 Å². The first-order chi connectivity index (χ1) is 7.90. The van der Waals surface area contributed by atoms with Gasteiger partial charge in [0, 0.05) is 30.3 Å². The van der Waals surface area contributed by atoms with Crippen molar-refractivity contribution in [2.24, 2.45) is 0 Å². The summed E-state index contributed by atoms with van der Waals surface area (Å²) in [7, 11) is 0. The molecule has 0 saturated carbocycles. The zero-order valence-electron chi connectivity index (χ0n) is 8.94. The molecule has 0 radical (unpaired) electrons. The summed E-state index contributed by atoms with van der Waals surface area (Å²) in [5.74, 6) is 5.21. The highest BCUT2D eigenvalue weighted by atomic mass is 16.5. The van der Waals surface area contributed by atoms with Gasteiger partial charge in [-0.05, 0) is 18.2 Å². The van der Waals surface area contributed by atoms with Crippen molar-refractivity contribution in [1.29, 1.82) is 5.26 Å². The summed E-state index contributed by atoms with van der Waals surface area (Å²) in [6.07, 6.45) is 0. The van der Waals surface area contributed by atoms with Crippen molar-refractivity contribution in [3.05, 3.63) is 29.8 Å². The molecule has 2 rings (SSSR count). The third-order valence-corrected chi connectivity index (χ3v) is 2.49. The van der Waals surface area contributed by atoms with E-state index < -0.39 is 0 Å². The van der Waals surface area contributed by atoms with Gasteiger partial charge in [0.15, 0.2) is 6.07 Å². The summed E-state index contributed by atoms with van der Waals surface area (Å²) in [5.41, 5.74) is 2.03. The number of benzene rings is 1. The zero-order chi connectivity index (χ0) is 11.2. The maximum Gasteiger partial charge on any atom is 0.152 e. The number of morpholine rings is 1. The Morgan fingerprint density at radius 3 is 2.81 bits per heavy atom. The molecule has 1 aliphatic heterocycles. The van der Waals surface area contributed by atoms with Crippen LogP contribution in [0.4, 0.5) is 5.69 Å². The van der Waals surface area contributed by atoms with Crippen LogP contribution < -0.4 is 4.90 Å². The van der Waals surface area contributed by atoms with Crippen molar-refractivity contribution in [1.82, 2.24) is 0 Å². The molecule has 0 unspecified atom stereocenters. The van der Waals surface area contributed by atoms with Gasteiger partial charge in [-0.25, -0.2) is 0 Å². The third kappa shape index (κ3) is 2.53. The maximum absolute atomic E-state index is 8.40. The minimum Gasteiger partial charge on any atom is -0.378 e. The molecule has 1 aliphatic rings. The second kappa shape index (κ2) is 5.21. The van der Waals surface area contributed by atoms with E-state index in [0.717, 1.165) is 37.6 Å². The van der Waals surface area contributed by atoms with E-state index in [1.807, 2.05) is 24.3 Å². The Balaban J connectivity index is 2.18. The van der Waals surface area contributed by atoms with Crippen LogP contribution in [0.2, 0.25) is 0 Å². The Morgan fingerprint density at radius 2 is 2.06 bits per heavy atom. The lowest BCUT2D eigenvalue weighted by Gasteiger charge is -2.28. The highest BCUT2D eigenvalue weighted by molar-refractivity contribution is 5.53. The van der Waals surface area contributed by atoms with Gasteiger partial charge in [-0.1, -0.05) is 12.0 Å². The average molecular weight is 212 g/mol. The molecule has 0 amide bonds. The smallest absolute Gasteiger partial charge is 0.152 e. The first-order valence-electron chi connectivity index (χ1n) is 5.23. The van der Waals surface area contributed by atoms with Crippen LogP contribution in [-0.4, -0.2) is 26.3 Å². The molecule has 0 spiro atoms. The fraction of sp³-hybridized carbons (Fsp3) is 0.308. The number of hydrogen-bond donors (Lipinski definition) is 0. The fourth-order valence-electron chi connectivity index (χ4n) is 1.70. The van der Waals surface area contributed by atoms with Crippen molar-refractivity contribution in [3.63, 3.8) is 0 Å². The molecular weight excluding hydrogens is 200 g/mol. The quantitative estimate of drug-likeness (QED) is 0.660. The first kappa shape index (κ1) is 10.5. The minimum atomic E-state index is 0.772. The summed E-state index contributed by atoms with van der Waals surface area (Å²) < 4.78 is 5.30. The molecule has 1 heterocycles. The van der Waals surface area contributed by atoms with E-state index in [-0.39, 0.29) is 0 Å². The molecule has 1 saturated heterocycles. The SMILES string of the molecule is N#CC#Cc1cccc(N2CCOCC2)c1. The second-order valence-corrected chi connectivity index (χ2v) is 3.51. The van der Waals surface area contributed by atoms with E-state index in [1.54, 1.807) is 0 Å². The van der Waals surface area contributed by atoms with Gasteiger partial charge in [-0.15, -0.1) is 0 Å². The number of rotatable bonds is 1. The summed E-state index contributed by atoms with van der Waals surface area (Å²) in [6, 6.07) is 9.76. The minimum absolute atomic E-state index is 0.772. The van der Waals surface area contributed by atoms with E-state index in [1.165, 1.54) is 0 Å². The molecule has 0 aliphatic carbocycles. The lowest BCUT2D eigenvalue weighted by molar-refractivity contribution is 0.122. The van der Waals surface area contributed by atoms with Crippen molar-refractivity contribution in [3.8, 4) is 17.9 Å². The summed E-state index contributed by atoms with van der Waals surface area (Å²) >= 11 is 0. The van der Waals surface area contributed by atoms with Crippen LogP contribution in [0.15, 0.2) is 24.3 Å². The molecule has 0 aromatic heterocycles. The Kier molecular flexibility index (Phi) is 3.43. The lowest BCUT2D eigenvalue weighted by Crippen LogP contribution is -2.36. The molecular formula is C13H12N2O. The second-order valence-electron chi connectivity index (χ2n) is 3.51. The Labute approximate surface area is 95.2 Å². The van der Waals surface area contributed by atoms with Crippen LogP contribution in [0.25, 0.3) is 0 Å². The topological polar surface area (TPSA) is 36.3 Å². The Bertz CT molecular complexity index is 459. The number of nitrogens with zero attached hydrogens (tertiary/aromatic N) is 2. The van der Waals surface area contributed by atoms with Crippen molar-refractivity contribution in [2.45, 2.75) is 0 Å². The molecule has 3 heteroatoms. The van der Waals surface area contributed by atoms with Crippen molar-refractivity contribution in [2.75, 3.05) is 31.2 Å². The summed E-state index contributed by atoms with van der Waals surface area (Å²) in [4.78, 5) is 2.26. The number of hydrogen-bond acceptors (Lipinski definition) is 3. The number of nitriles is 1. The van der Waals surface area contributed by atoms with E-state index >= 15 is 0 Å². The van der Waals surface area contributed by atoms with Gasteiger partial charge in [0.25, 0.3) is 0 Å². The van der Waals surface area contributed by atoms with Crippen molar-refractivity contribution < 1.29 is 4.74 Å². The lowest BCUT2D eigenvalue weighted by atomic mass is 10.2. The van der Waals surface area contributed by atoms with Gasteiger partial charge in [0.1, 0.15) is 0 Å². The van der Waals surface area contributed by atoms with Crippen LogP contribution in [0, 0.1) is 23.2 Å². The van der Waals surface area contributed by atoms with Gasteiger partial charge in [0.2, 0.25) is 0 Å². The molecule has 3 nitrogen and oxygen atoms in total. The molecule has 16 heavy (non-hydrogen) atoms. The largest absolute Gasteiger partial charge is 0.378 e. The van der Waals surface area contributed by atoms with Gasteiger partial charge in [0.05, 0.1) is 13.2 Å². The normalized spacial score (nSPS) is 14.8. The van der Waals surface area contributed by atoms with Crippen LogP contribution in [0.1, 0.15) is 5.56 Å². The van der Waals surface area contributed by atoms with Gasteiger partial charge >= 0.3 is 0 Å². The zero-order valence-corrected chi connectivity index (χ0v) is 8.94. The van der Waals surface area contributed by atoms with Crippen LogP contribution in [-0.2, 0) is 4.74 Å². The molecule has 0 bridgehead atoms. The van der Waals surface area contributed by atoms with Gasteiger partial charge in [-0.2, -0.15) is 5.26 Å². The molecule has 1 aromatic carbocycles. The van der Waals surface area contributed by atoms with Gasteiger partial charge in [-0.3, -0.25) is 0 Å². The average Bonchev–Trinajstić information content (AvgIpc) is 2.38. The monoisotopic (exact) mass is 212 g/mol. The van der Waals surface area contributed by atoms with E-state index in [9.17, 15) is 0 Å². The third-order valence-electron chi connectivity index (χ3n) is 2.49. The Morgan fingerprint density at radius 1 is 1.25 bits per heavy atom. The van der Waals surface area contributed by atoms with Crippen LogP contribution >= 0.6 is 0 Å². The molecule has 1 aromatic rings. The Hall–Kier alpha value is -1.97. The van der Waals surface area contributed by atoms with E-state index in [2.05, 4.69) is 22.8 Å². The highest BCUT2D eigenvalue weighted by Crippen LogP contribution is 2.16. The highest BCUT2D eigenvalue weighted by Gasteiger charge is 2.10. The molecule has 0 atom stereocenters.